The summed E-state index contributed by atoms with van der Waals surface area (Å²) in [4.78, 5) is 15.2. The standard InChI is InChI=1S/C22H28BrN3O3/c1-22(2)13-29-10-8-26(22)21(27)20-16-7-6-14-11-15(5-4-9-28-3)18(23)12-17(14)19(16)24-25-20/h11-12H,4-10,13H2,1-3H3,(H,24,25). The number of fused-ring (bicyclic) bond motifs is 3. The van der Waals surface area contributed by atoms with Crippen LogP contribution in [0.3, 0.4) is 0 Å². The van der Waals surface area contributed by atoms with Gasteiger partial charge in [-0.2, -0.15) is 5.10 Å². The lowest BCUT2D eigenvalue weighted by molar-refractivity contribution is -0.0373. The van der Waals surface area contributed by atoms with Crippen molar-refractivity contribution in [2.24, 2.45) is 0 Å². The van der Waals surface area contributed by atoms with Crippen LogP contribution in [0.1, 0.15) is 47.4 Å². The summed E-state index contributed by atoms with van der Waals surface area (Å²) in [6, 6.07) is 4.45. The Bertz CT molecular complexity index is 922. The van der Waals surface area contributed by atoms with Gasteiger partial charge in [0.05, 0.1) is 24.4 Å². The fourth-order valence-electron chi connectivity index (χ4n) is 4.34. The van der Waals surface area contributed by atoms with E-state index in [0.717, 1.165) is 53.6 Å². The molecule has 4 rings (SSSR count). The minimum atomic E-state index is -0.326. The largest absolute Gasteiger partial charge is 0.385 e. The van der Waals surface area contributed by atoms with Gasteiger partial charge in [-0.25, -0.2) is 0 Å². The number of aromatic nitrogens is 2. The Morgan fingerprint density at radius 3 is 2.97 bits per heavy atom. The number of hydrogen-bond donors (Lipinski definition) is 1. The lowest BCUT2D eigenvalue weighted by Gasteiger charge is -2.41. The molecule has 1 aromatic heterocycles. The molecule has 0 saturated carbocycles. The Labute approximate surface area is 180 Å². The van der Waals surface area contributed by atoms with Gasteiger partial charge < -0.3 is 14.4 Å². The summed E-state index contributed by atoms with van der Waals surface area (Å²) < 4.78 is 11.8. The zero-order valence-electron chi connectivity index (χ0n) is 17.3. The van der Waals surface area contributed by atoms with E-state index in [9.17, 15) is 4.79 Å². The van der Waals surface area contributed by atoms with E-state index < -0.39 is 0 Å². The number of rotatable bonds is 5. The maximum atomic E-state index is 13.3. The quantitative estimate of drug-likeness (QED) is 0.688. The minimum absolute atomic E-state index is 0.00509. The zero-order valence-corrected chi connectivity index (χ0v) is 18.9. The molecule has 0 unspecified atom stereocenters. The number of hydrogen-bond acceptors (Lipinski definition) is 4. The lowest BCUT2D eigenvalue weighted by atomic mass is 9.87. The smallest absolute Gasteiger partial charge is 0.275 e. The van der Waals surface area contributed by atoms with Gasteiger partial charge in [-0.05, 0) is 56.7 Å². The predicted molar refractivity (Wildman–Crippen MR) is 115 cm³/mol. The molecular formula is C22H28BrN3O3. The highest BCUT2D eigenvalue weighted by Crippen LogP contribution is 2.38. The third kappa shape index (κ3) is 3.88. The summed E-state index contributed by atoms with van der Waals surface area (Å²) in [6.07, 6.45) is 3.72. The van der Waals surface area contributed by atoms with Crippen LogP contribution in [0.5, 0.6) is 0 Å². The van der Waals surface area contributed by atoms with Crippen molar-refractivity contribution in [3.63, 3.8) is 0 Å². The minimum Gasteiger partial charge on any atom is -0.385 e. The first-order chi connectivity index (χ1) is 13.9. The van der Waals surface area contributed by atoms with Gasteiger partial charge in [-0.1, -0.05) is 22.0 Å². The second kappa shape index (κ2) is 8.20. The molecule has 0 spiro atoms. The number of methoxy groups -OCH3 is 1. The number of aryl methyl sites for hydroxylation is 2. The zero-order chi connectivity index (χ0) is 20.6. The molecule has 1 aliphatic heterocycles. The predicted octanol–water partition coefficient (Wildman–Crippen LogP) is 3.77. The molecule has 1 aromatic carbocycles. The average molecular weight is 462 g/mol. The number of nitrogens with zero attached hydrogens (tertiary/aromatic N) is 2. The van der Waals surface area contributed by atoms with Crippen molar-refractivity contribution in [1.82, 2.24) is 15.1 Å². The fraction of sp³-hybridized carbons (Fsp3) is 0.545. The molecule has 1 fully saturated rings. The van der Waals surface area contributed by atoms with Gasteiger partial charge in [0.2, 0.25) is 0 Å². The van der Waals surface area contributed by atoms with Crippen LogP contribution in [0.15, 0.2) is 16.6 Å². The third-order valence-corrected chi connectivity index (χ3v) is 6.68. The third-order valence-electron chi connectivity index (χ3n) is 5.94. The maximum Gasteiger partial charge on any atom is 0.275 e. The molecule has 156 valence electrons. The van der Waals surface area contributed by atoms with E-state index in [2.05, 4.69) is 38.3 Å². The number of amides is 1. The molecule has 0 radical (unpaired) electrons. The molecule has 2 aromatic rings. The van der Waals surface area contributed by atoms with Crippen molar-refractivity contribution < 1.29 is 14.3 Å². The second-order valence-corrected chi connectivity index (χ2v) is 9.30. The Kier molecular flexibility index (Phi) is 5.82. The topological polar surface area (TPSA) is 67.5 Å². The Morgan fingerprint density at radius 1 is 1.38 bits per heavy atom. The summed E-state index contributed by atoms with van der Waals surface area (Å²) in [5, 5.41) is 7.62. The number of benzene rings is 1. The van der Waals surface area contributed by atoms with Crippen LogP contribution in [0.2, 0.25) is 0 Å². The molecule has 0 bridgehead atoms. The number of ether oxygens (including phenoxy) is 2. The highest BCUT2D eigenvalue weighted by atomic mass is 79.9. The highest BCUT2D eigenvalue weighted by molar-refractivity contribution is 9.10. The van der Waals surface area contributed by atoms with Crippen molar-refractivity contribution in [2.45, 2.75) is 45.1 Å². The van der Waals surface area contributed by atoms with E-state index >= 15 is 0 Å². The first-order valence-corrected chi connectivity index (χ1v) is 11.0. The number of morpholine rings is 1. The molecule has 2 heterocycles. The van der Waals surface area contributed by atoms with Crippen LogP contribution in [-0.2, 0) is 28.7 Å². The van der Waals surface area contributed by atoms with Crippen molar-refractivity contribution in [1.29, 1.82) is 0 Å². The van der Waals surface area contributed by atoms with Gasteiger partial charge in [0.1, 0.15) is 0 Å². The number of carbonyl (C=O) groups excluding carboxylic acids is 1. The van der Waals surface area contributed by atoms with Gasteiger partial charge in [0, 0.05) is 35.9 Å². The Hall–Kier alpha value is -1.70. The van der Waals surface area contributed by atoms with Crippen molar-refractivity contribution in [3.05, 3.63) is 39.0 Å². The number of nitrogens with one attached hydrogen (secondary N) is 1. The van der Waals surface area contributed by atoms with Gasteiger partial charge in [0.15, 0.2) is 5.69 Å². The van der Waals surface area contributed by atoms with Crippen LogP contribution in [0.25, 0.3) is 11.3 Å². The Balaban J connectivity index is 1.64. The van der Waals surface area contributed by atoms with Crippen LogP contribution >= 0.6 is 15.9 Å². The van der Waals surface area contributed by atoms with Gasteiger partial charge in [-0.3, -0.25) is 9.89 Å². The molecule has 1 saturated heterocycles. The summed E-state index contributed by atoms with van der Waals surface area (Å²) in [6.45, 7) is 6.57. The number of aromatic amines is 1. The van der Waals surface area contributed by atoms with E-state index in [1.165, 1.54) is 11.1 Å². The van der Waals surface area contributed by atoms with Crippen molar-refractivity contribution in [3.8, 4) is 11.3 Å². The summed E-state index contributed by atoms with van der Waals surface area (Å²) in [7, 11) is 1.73. The molecule has 6 nitrogen and oxygen atoms in total. The first-order valence-electron chi connectivity index (χ1n) is 10.2. The summed E-state index contributed by atoms with van der Waals surface area (Å²) in [5.41, 5.74) is 5.99. The SMILES string of the molecule is COCCCc1cc2c(cc1Br)-c1[nH]nc(C(=O)N3CCOCC3(C)C)c1CC2. The van der Waals surface area contributed by atoms with E-state index in [1.807, 2.05) is 18.7 Å². The van der Waals surface area contributed by atoms with E-state index in [1.54, 1.807) is 7.11 Å². The normalized spacial score (nSPS) is 17.7. The van der Waals surface area contributed by atoms with Crippen molar-refractivity contribution in [2.75, 3.05) is 33.5 Å². The molecule has 1 amide bonds. The second-order valence-electron chi connectivity index (χ2n) is 8.44. The molecule has 2 aliphatic rings. The van der Waals surface area contributed by atoms with Gasteiger partial charge in [0.25, 0.3) is 5.91 Å². The van der Waals surface area contributed by atoms with Gasteiger partial charge >= 0.3 is 0 Å². The first kappa shape index (κ1) is 20.6. The van der Waals surface area contributed by atoms with Crippen LogP contribution in [-0.4, -0.2) is 60.0 Å². The van der Waals surface area contributed by atoms with Gasteiger partial charge in [-0.15, -0.1) is 0 Å². The van der Waals surface area contributed by atoms with Crippen LogP contribution < -0.4 is 0 Å². The lowest BCUT2D eigenvalue weighted by Crippen LogP contribution is -2.55. The van der Waals surface area contributed by atoms with Crippen LogP contribution in [0, 0.1) is 0 Å². The molecule has 7 heteroatoms. The van der Waals surface area contributed by atoms with E-state index in [-0.39, 0.29) is 11.4 Å². The van der Waals surface area contributed by atoms with Crippen molar-refractivity contribution >= 4 is 21.8 Å². The summed E-state index contributed by atoms with van der Waals surface area (Å²) in [5.74, 6) is -0.00509. The average Bonchev–Trinajstić information content (AvgIpc) is 3.12. The van der Waals surface area contributed by atoms with Crippen LogP contribution in [0.4, 0.5) is 0 Å². The maximum absolute atomic E-state index is 13.3. The molecular weight excluding hydrogens is 434 g/mol. The molecule has 1 aliphatic carbocycles. The summed E-state index contributed by atoms with van der Waals surface area (Å²) >= 11 is 3.73. The number of carbonyl (C=O) groups is 1. The number of halogens is 1. The highest BCUT2D eigenvalue weighted by Gasteiger charge is 2.37. The molecule has 1 N–H and O–H groups in total. The van der Waals surface area contributed by atoms with E-state index in [0.29, 0.717) is 25.5 Å². The Morgan fingerprint density at radius 2 is 2.21 bits per heavy atom. The molecule has 29 heavy (non-hydrogen) atoms. The number of H-pyrrole nitrogens is 1. The monoisotopic (exact) mass is 461 g/mol. The fourth-order valence-corrected chi connectivity index (χ4v) is 4.88. The molecule has 0 atom stereocenters. The van der Waals surface area contributed by atoms with E-state index in [4.69, 9.17) is 9.47 Å².